The third-order valence-corrected chi connectivity index (χ3v) is 6.56. The molecule has 0 aliphatic carbocycles. The Bertz CT molecular complexity index is 1380. The average molecular weight is 516 g/mol. The lowest BCUT2D eigenvalue weighted by Gasteiger charge is -2.18. The van der Waals surface area contributed by atoms with Gasteiger partial charge in [-0.05, 0) is 55.1 Å². The van der Waals surface area contributed by atoms with Gasteiger partial charge in [0.2, 0.25) is 0 Å². The third-order valence-electron chi connectivity index (χ3n) is 5.68. The number of hydrogen-bond acceptors (Lipinski definition) is 8. The van der Waals surface area contributed by atoms with E-state index in [1.54, 1.807) is 5.38 Å². The van der Waals surface area contributed by atoms with Crippen LogP contribution in [0.15, 0.2) is 47.8 Å². The van der Waals surface area contributed by atoms with Crippen LogP contribution in [0.2, 0.25) is 0 Å². The zero-order valence-corrected chi connectivity index (χ0v) is 20.3. The first-order valence-electron chi connectivity index (χ1n) is 11.1. The Kier molecular flexibility index (Phi) is 6.43. The Morgan fingerprint density at radius 2 is 2.03 bits per heavy atom. The van der Waals surface area contributed by atoms with Crippen molar-refractivity contribution < 1.29 is 18.3 Å². The van der Waals surface area contributed by atoms with Crippen LogP contribution in [-0.2, 0) is 19.3 Å². The Hall–Kier alpha value is -3.45. The van der Waals surface area contributed by atoms with Crippen LogP contribution in [0.1, 0.15) is 28.7 Å². The maximum absolute atomic E-state index is 12.9. The van der Waals surface area contributed by atoms with Crippen LogP contribution in [0.5, 0.6) is 0 Å². The molecule has 0 fully saturated rings. The lowest BCUT2D eigenvalue weighted by molar-refractivity contribution is -0.141. The molecule has 0 bridgehead atoms. The maximum Gasteiger partial charge on any atom is 0.432 e. The van der Waals surface area contributed by atoms with E-state index < -0.39 is 18.1 Å². The van der Waals surface area contributed by atoms with Gasteiger partial charge >= 0.3 is 6.18 Å². The molecule has 3 heterocycles. The highest BCUT2D eigenvalue weighted by Gasteiger charge is 2.33. The van der Waals surface area contributed by atoms with Crippen molar-refractivity contribution in [3.63, 3.8) is 0 Å². The van der Waals surface area contributed by atoms with Crippen LogP contribution in [0.25, 0.3) is 21.8 Å². The molecular weight excluding hydrogens is 491 g/mol. The molecule has 5 N–H and O–H groups in total. The van der Waals surface area contributed by atoms with Crippen molar-refractivity contribution in [3.8, 4) is 21.8 Å². The number of H-pyrrole nitrogens is 1. The first-order valence-corrected chi connectivity index (χ1v) is 12.0. The minimum Gasteiger partial charge on any atom is -0.368 e. The van der Waals surface area contributed by atoms with Gasteiger partial charge < -0.3 is 20.7 Å². The lowest BCUT2D eigenvalue weighted by Crippen LogP contribution is -2.12. The fourth-order valence-corrected chi connectivity index (χ4v) is 4.83. The quantitative estimate of drug-likeness (QED) is 0.225. The number of aromatic amines is 1. The lowest BCUT2D eigenvalue weighted by atomic mass is 9.98. The molecule has 188 valence electrons. The van der Waals surface area contributed by atoms with Crippen LogP contribution in [-0.4, -0.2) is 39.3 Å². The molecule has 2 aromatic heterocycles. The molecule has 0 radical (unpaired) electrons. The van der Waals surface area contributed by atoms with E-state index in [0.717, 1.165) is 51.9 Å². The second-order valence-electron chi connectivity index (χ2n) is 8.76. The third kappa shape index (κ3) is 5.07. The van der Waals surface area contributed by atoms with Gasteiger partial charge in [0.05, 0.1) is 5.69 Å². The maximum atomic E-state index is 12.9. The Morgan fingerprint density at radius 3 is 2.78 bits per heavy atom. The van der Waals surface area contributed by atoms with Gasteiger partial charge in [-0.15, -0.1) is 11.3 Å². The molecular formula is C24H24F3N7OS. The number of thiazole rings is 1. The van der Waals surface area contributed by atoms with Gasteiger partial charge in [-0.1, -0.05) is 18.2 Å². The van der Waals surface area contributed by atoms with E-state index in [1.165, 1.54) is 0 Å². The number of rotatable bonds is 7. The van der Waals surface area contributed by atoms with E-state index in [9.17, 15) is 18.3 Å². The number of hydrogen-bond donors (Lipinski definition) is 5. The van der Waals surface area contributed by atoms with Gasteiger partial charge in [-0.25, -0.2) is 10.4 Å². The summed E-state index contributed by atoms with van der Waals surface area (Å²) in [6.45, 7) is 1.46. The van der Waals surface area contributed by atoms with E-state index in [1.807, 2.05) is 37.4 Å². The summed E-state index contributed by atoms with van der Waals surface area (Å²) in [4.78, 5) is 6.41. The summed E-state index contributed by atoms with van der Waals surface area (Å²) in [5, 5.41) is 21.6. The first-order chi connectivity index (χ1) is 17.2. The van der Waals surface area contributed by atoms with Crippen molar-refractivity contribution >= 4 is 22.7 Å². The van der Waals surface area contributed by atoms with E-state index in [2.05, 4.69) is 49.4 Å². The van der Waals surface area contributed by atoms with E-state index in [4.69, 9.17) is 0 Å². The first kappa shape index (κ1) is 24.3. The van der Waals surface area contributed by atoms with Crippen LogP contribution in [0, 0.1) is 0 Å². The molecule has 0 saturated heterocycles. The van der Waals surface area contributed by atoms with Crippen LogP contribution >= 0.6 is 11.3 Å². The highest BCUT2D eigenvalue weighted by molar-refractivity contribution is 7.13. The number of nitrogens with zero attached hydrogens (tertiary/aromatic N) is 3. The summed E-state index contributed by atoms with van der Waals surface area (Å²) in [5.74, 6) is 0. The molecule has 1 atom stereocenters. The number of aliphatic hydroxyl groups is 1. The molecule has 1 aliphatic rings. The number of fused-ring (bicyclic) bond motifs is 1. The molecule has 2 aromatic carbocycles. The zero-order chi connectivity index (χ0) is 25.4. The van der Waals surface area contributed by atoms with Gasteiger partial charge in [-0.2, -0.15) is 18.3 Å². The normalized spacial score (nSPS) is 14.1. The highest BCUT2D eigenvalue weighted by atomic mass is 32.1. The molecule has 5 rings (SSSR count). The number of aliphatic hydroxyl groups excluding tert-OH is 1. The molecule has 12 heteroatoms. The number of alkyl halides is 3. The van der Waals surface area contributed by atoms with E-state index in [-0.39, 0.29) is 16.4 Å². The number of aromatic nitrogens is 3. The Balaban J connectivity index is 1.43. The molecule has 8 nitrogen and oxygen atoms in total. The van der Waals surface area contributed by atoms with Crippen LogP contribution < -0.4 is 16.2 Å². The van der Waals surface area contributed by atoms with Gasteiger partial charge in [0, 0.05) is 29.7 Å². The summed E-state index contributed by atoms with van der Waals surface area (Å²) in [6.07, 6.45) is -5.71. The van der Waals surface area contributed by atoms with Crippen LogP contribution in [0.3, 0.4) is 0 Å². The standard InChI is InChI=1S/C24H24F3N7OS/c1-34(2)11-13-4-3-5-14(6-13)16-7-15-10-28-31-17(15)8-18(16)29-22(35)20-12-36-23(30-20)19-9-21(33-32-19)24(25,26)27/h3-9,12,22,28-29,31,35H,10-11H2,1-2H3,(H,32,33). The molecule has 0 spiro atoms. The topological polar surface area (TPSA) is 101 Å². The van der Waals surface area contributed by atoms with Crippen molar-refractivity contribution in [2.75, 3.05) is 24.8 Å². The highest BCUT2D eigenvalue weighted by Crippen LogP contribution is 2.37. The fraction of sp³-hybridized carbons (Fsp3) is 0.250. The largest absolute Gasteiger partial charge is 0.432 e. The number of nitrogens with one attached hydrogen (secondary N) is 4. The summed E-state index contributed by atoms with van der Waals surface area (Å²) in [6, 6.07) is 13.1. The zero-order valence-electron chi connectivity index (χ0n) is 19.4. The van der Waals surface area contributed by atoms with Crippen LogP contribution in [0.4, 0.5) is 24.5 Å². The predicted octanol–water partition coefficient (Wildman–Crippen LogP) is 4.81. The molecule has 0 amide bonds. The molecule has 4 aromatic rings. The van der Waals surface area contributed by atoms with Crippen molar-refractivity contribution in [1.82, 2.24) is 25.5 Å². The molecule has 36 heavy (non-hydrogen) atoms. The second kappa shape index (κ2) is 9.54. The monoisotopic (exact) mass is 515 g/mol. The van der Waals surface area contributed by atoms with Crippen molar-refractivity contribution in [2.24, 2.45) is 0 Å². The summed E-state index contributed by atoms with van der Waals surface area (Å²) >= 11 is 1.11. The van der Waals surface area contributed by atoms with Gasteiger partial charge in [0.15, 0.2) is 6.23 Å². The average Bonchev–Trinajstić information content (AvgIpc) is 3.57. The van der Waals surface area contributed by atoms with Gasteiger partial charge in [0.1, 0.15) is 22.1 Å². The van der Waals surface area contributed by atoms with E-state index >= 15 is 0 Å². The van der Waals surface area contributed by atoms with Crippen molar-refractivity contribution in [2.45, 2.75) is 25.5 Å². The minimum absolute atomic E-state index is 0.0666. The van der Waals surface area contributed by atoms with Crippen molar-refractivity contribution in [3.05, 3.63) is 70.4 Å². The smallest absolute Gasteiger partial charge is 0.368 e. The molecule has 0 saturated carbocycles. The SMILES string of the molecule is CN(C)Cc1cccc(-c2cc3c(cc2NC(O)c2csc(-c4cc(C(F)(F)F)[nH]n4)n2)NNC3)c1. The Labute approximate surface area is 209 Å². The van der Waals surface area contributed by atoms with Gasteiger partial charge in [0.25, 0.3) is 0 Å². The molecule has 1 unspecified atom stereocenters. The second-order valence-corrected chi connectivity index (χ2v) is 9.62. The van der Waals surface area contributed by atoms with E-state index in [0.29, 0.717) is 12.2 Å². The number of hydrazine groups is 1. The number of halogens is 3. The Morgan fingerprint density at radius 1 is 1.19 bits per heavy atom. The van der Waals surface area contributed by atoms with Crippen molar-refractivity contribution in [1.29, 1.82) is 0 Å². The molecule has 1 aliphatic heterocycles. The minimum atomic E-state index is -4.52. The summed E-state index contributed by atoms with van der Waals surface area (Å²) < 4.78 is 38.7. The number of benzene rings is 2. The van der Waals surface area contributed by atoms with Gasteiger partial charge in [-0.3, -0.25) is 5.10 Å². The predicted molar refractivity (Wildman–Crippen MR) is 133 cm³/mol. The fourth-order valence-electron chi connectivity index (χ4n) is 4.03. The number of anilines is 2. The summed E-state index contributed by atoms with van der Waals surface area (Å²) in [7, 11) is 4.02. The summed E-state index contributed by atoms with van der Waals surface area (Å²) in [5.41, 5.74) is 11.4.